The van der Waals surface area contributed by atoms with Gasteiger partial charge in [-0.25, -0.2) is 9.97 Å². The van der Waals surface area contributed by atoms with Crippen molar-refractivity contribution in [1.29, 1.82) is 0 Å². The van der Waals surface area contributed by atoms with Gasteiger partial charge in [-0.15, -0.1) is 13.2 Å². The first-order valence-electron chi connectivity index (χ1n) is 24.0. The van der Waals surface area contributed by atoms with Gasteiger partial charge in [-0.3, -0.25) is 34.2 Å². The van der Waals surface area contributed by atoms with Crippen molar-refractivity contribution >= 4 is 57.8 Å². The summed E-state index contributed by atoms with van der Waals surface area (Å²) in [6.07, 6.45) is 4.39. The molecule has 2 saturated heterocycles. The van der Waals surface area contributed by atoms with Gasteiger partial charge in [0.2, 0.25) is 29.5 Å². The van der Waals surface area contributed by atoms with Crippen molar-refractivity contribution in [2.45, 2.75) is 96.0 Å². The van der Waals surface area contributed by atoms with Gasteiger partial charge in [0.25, 0.3) is 0 Å². The van der Waals surface area contributed by atoms with Crippen LogP contribution in [0.5, 0.6) is 5.75 Å². The number of hydrogen-bond donors (Lipinski definition) is 5. The van der Waals surface area contributed by atoms with E-state index in [2.05, 4.69) is 53.0 Å². The van der Waals surface area contributed by atoms with E-state index in [0.717, 1.165) is 66.8 Å². The molecular formula is C51H59F3N10O6. The Morgan fingerprint density at radius 1 is 0.914 bits per heavy atom. The van der Waals surface area contributed by atoms with Gasteiger partial charge in [0.15, 0.2) is 0 Å². The number of benzene rings is 3. The fourth-order valence-electron chi connectivity index (χ4n) is 9.70. The highest BCUT2D eigenvalue weighted by Crippen LogP contribution is 2.38. The Labute approximate surface area is 403 Å². The standard InChI is InChI=1S/C51H59F3N10O6/c1-32(5-3-19-57-45(67)30-62-22-16-35(17-23-62)34-8-11-38(12-9-34)60-41-13-15-43(65)61-50(41)69)25-44(66)56-20-4-21-63-29-40(47-48(55)58-31-59-49(47)63)36-10-14-42-37(28-36)18-24-64(42)46(68)27-33-6-2-7-39(26-33)70-51(52,53)54/h2,6-12,14,26,28-29,31-32,35,41,60H,3-5,13,15-25,27,30H2,1H3,(H,56,66)(H,57,67)(H2,55,58,59)(H,61,65,69). The number of aromatic nitrogens is 3. The molecule has 3 aliphatic rings. The topological polar surface area (TPSA) is 206 Å². The lowest BCUT2D eigenvalue weighted by molar-refractivity contribution is -0.274. The van der Waals surface area contributed by atoms with E-state index in [1.54, 1.807) is 11.0 Å². The van der Waals surface area contributed by atoms with Crippen molar-refractivity contribution in [2.24, 2.45) is 5.92 Å². The number of amides is 5. The van der Waals surface area contributed by atoms with Gasteiger partial charge in [0.05, 0.1) is 18.4 Å². The lowest BCUT2D eigenvalue weighted by Crippen LogP contribution is -2.47. The normalized spacial score (nSPS) is 17.0. The summed E-state index contributed by atoms with van der Waals surface area (Å²) in [5.74, 6) is -0.294. The number of fused-ring (bicyclic) bond motifs is 2. The van der Waals surface area contributed by atoms with Crippen molar-refractivity contribution < 1.29 is 41.9 Å². The van der Waals surface area contributed by atoms with Gasteiger partial charge < -0.3 is 35.9 Å². The number of piperidine rings is 2. The second-order valence-electron chi connectivity index (χ2n) is 18.5. The number of ether oxygens (including phenoxy) is 1. The largest absolute Gasteiger partial charge is 0.573 e. The highest BCUT2D eigenvalue weighted by Gasteiger charge is 2.32. The molecule has 0 radical (unpaired) electrons. The molecule has 3 aliphatic heterocycles. The van der Waals surface area contributed by atoms with E-state index >= 15 is 0 Å². The Hall–Kier alpha value is -7.02. The van der Waals surface area contributed by atoms with Crippen molar-refractivity contribution in [1.82, 2.24) is 35.4 Å². The van der Waals surface area contributed by atoms with Gasteiger partial charge >= 0.3 is 6.36 Å². The molecule has 2 aromatic heterocycles. The second kappa shape index (κ2) is 22.2. The van der Waals surface area contributed by atoms with E-state index < -0.39 is 12.4 Å². The molecule has 2 fully saturated rings. The molecule has 70 heavy (non-hydrogen) atoms. The van der Waals surface area contributed by atoms with Crippen LogP contribution in [0.25, 0.3) is 22.2 Å². The minimum atomic E-state index is -4.83. The predicted molar refractivity (Wildman–Crippen MR) is 259 cm³/mol. The molecule has 3 aromatic carbocycles. The zero-order chi connectivity index (χ0) is 49.4. The van der Waals surface area contributed by atoms with Crippen LogP contribution >= 0.6 is 0 Å². The fourth-order valence-corrected chi connectivity index (χ4v) is 9.70. The van der Waals surface area contributed by atoms with E-state index in [9.17, 15) is 37.1 Å². The lowest BCUT2D eigenvalue weighted by atomic mass is 9.89. The lowest BCUT2D eigenvalue weighted by Gasteiger charge is -2.31. The molecular weight excluding hydrogens is 906 g/mol. The number of carbonyl (C=O) groups excluding carboxylic acids is 5. The molecule has 5 heterocycles. The van der Waals surface area contributed by atoms with Crippen LogP contribution in [0.1, 0.15) is 80.9 Å². The van der Waals surface area contributed by atoms with Crippen LogP contribution in [0.2, 0.25) is 0 Å². The number of alkyl halides is 3. The summed E-state index contributed by atoms with van der Waals surface area (Å²) in [7, 11) is 0. The third-order valence-electron chi connectivity index (χ3n) is 13.3. The number of anilines is 3. The molecule has 19 heteroatoms. The molecule has 5 aromatic rings. The van der Waals surface area contributed by atoms with E-state index in [4.69, 9.17) is 5.73 Å². The summed E-state index contributed by atoms with van der Waals surface area (Å²) in [6, 6.07) is 19.0. The molecule has 16 nitrogen and oxygen atoms in total. The Kier molecular flexibility index (Phi) is 15.6. The fraction of sp³-hybridized carbons (Fsp3) is 0.431. The molecule has 8 rings (SSSR count). The number of hydrogen-bond acceptors (Lipinski definition) is 11. The summed E-state index contributed by atoms with van der Waals surface area (Å²) in [6.45, 7) is 6.06. The number of aryl methyl sites for hydroxylation is 1. The number of rotatable bonds is 19. The average Bonchev–Trinajstić information content (AvgIpc) is 3.93. The average molecular weight is 965 g/mol. The summed E-state index contributed by atoms with van der Waals surface area (Å²) in [5, 5.41) is 12.4. The Balaban J connectivity index is 0.727. The van der Waals surface area contributed by atoms with Gasteiger partial charge in [-0.1, -0.05) is 37.3 Å². The highest BCUT2D eigenvalue weighted by molar-refractivity contribution is 6.03. The number of carbonyl (C=O) groups is 5. The van der Waals surface area contributed by atoms with Crippen LogP contribution in [-0.4, -0.2) is 101 Å². The van der Waals surface area contributed by atoms with E-state index in [1.807, 2.05) is 48.0 Å². The number of imide groups is 1. The first kappa shape index (κ1) is 49.4. The van der Waals surface area contributed by atoms with Crippen LogP contribution in [0.3, 0.4) is 0 Å². The first-order valence-corrected chi connectivity index (χ1v) is 24.0. The molecule has 6 N–H and O–H groups in total. The van der Waals surface area contributed by atoms with E-state index in [1.165, 1.54) is 30.1 Å². The Morgan fingerprint density at radius 2 is 1.69 bits per heavy atom. The maximum absolute atomic E-state index is 13.4. The minimum absolute atomic E-state index is 0.00279. The number of nitrogens with one attached hydrogen (secondary N) is 4. The SMILES string of the molecule is CC(CCCNC(=O)CN1CCC(c2ccc(NC3CCC(=O)NC3=O)cc2)CC1)CC(=O)NCCCn1cc(-c2ccc3c(c2)CCN3C(=O)Cc2cccc(OC(F)(F)F)c2)c2c(N)ncnc21. The maximum atomic E-state index is 13.4. The smallest absolute Gasteiger partial charge is 0.406 e. The van der Waals surface area contributed by atoms with E-state index in [-0.39, 0.29) is 47.6 Å². The Morgan fingerprint density at radius 3 is 2.46 bits per heavy atom. The predicted octanol–water partition coefficient (Wildman–Crippen LogP) is 6.24. The monoisotopic (exact) mass is 964 g/mol. The molecule has 0 aliphatic carbocycles. The minimum Gasteiger partial charge on any atom is -0.406 e. The van der Waals surface area contributed by atoms with Crippen LogP contribution in [0.4, 0.5) is 30.4 Å². The number of likely N-dealkylation sites (tertiary alicyclic amines) is 1. The zero-order valence-corrected chi connectivity index (χ0v) is 39.2. The van der Waals surface area contributed by atoms with Crippen LogP contribution in [0, 0.1) is 5.92 Å². The van der Waals surface area contributed by atoms with E-state index in [0.29, 0.717) is 93.2 Å². The summed E-state index contributed by atoms with van der Waals surface area (Å²) in [5.41, 5.74) is 13.0. The second-order valence-corrected chi connectivity index (χ2v) is 18.5. The zero-order valence-electron chi connectivity index (χ0n) is 39.2. The van der Waals surface area contributed by atoms with Crippen molar-refractivity contribution in [2.75, 3.05) is 55.2 Å². The third kappa shape index (κ3) is 12.8. The molecule has 2 unspecified atom stereocenters. The number of nitrogens with two attached hydrogens (primary N) is 1. The van der Waals surface area contributed by atoms with Crippen molar-refractivity contribution in [3.8, 4) is 16.9 Å². The maximum Gasteiger partial charge on any atom is 0.573 e. The van der Waals surface area contributed by atoms with Gasteiger partial charge in [-0.2, -0.15) is 0 Å². The molecule has 0 bridgehead atoms. The van der Waals surface area contributed by atoms with Gasteiger partial charge in [-0.05, 0) is 129 Å². The highest BCUT2D eigenvalue weighted by atomic mass is 19.4. The summed E-state index contributed by atoms with van der Waals surface area (Å²) >= 11 is 0. The van der Waals surface area contributed by atoms with Gasteiger partial charge in [0, 0.05) is 62.2 Å². The number of halogens is 3. The molecule has 0 spiro atoms. The van der Waals surface area contributed by atoms with Crippen LogP contribution < -0.4 is 36.6 Å². The summed E-state index contributed by atoms with van der Waals surface area (Å²) in [4.78, 5) is 75.2. The third-order valence-corrected chi connectivity index (χ3v) is 13.3. The van der Waals surface area contributed by atoms with Gasteiger partial charge in [0.1, 0.15) is 29.6 Å². The number of nitrogen functional groups attached to an aromatic ring is 1. The van der Waals surface area contributed by atoms with Crippen LogP contribution in [0.15, 0.2) is 79.3 Å². The molecule has 2 atom stereocenters. The molecule has 5 amide bonds. The van der Waals surface area contributed by atoms with Crippen LogP contribution in [-0.2, 0) is 43.4 Å². The van der Waals surface area contributed by atoms with Crippen molar-refractivity contribution in [3.63, 3.8) is 0 Å². The Bertz CT molecular complexity index is 2700. The number of nitrogens with zero attached hydrogens (tertiary/aromatic N) is 5. The first-order chi connectivity index (χ1) is 33.7. The summed E-state index contributed by atoms with van der Waals surface area (Å²) < 4.78 is 44.3. The molecule has 0 saturated carbocycles. The molecule has 370 valence electrons. The quantitative estimate of drug-likeness (QED) is 0.0463. The van der Waals surface area contributed by atoms with Crippen molar-refractivity contribution in [3.05, 3.63) is 95.9 Å².